The summed E-state index contributed by atoms with van der Waals surface area (Å²) in [6.45, 7) is 0. The monoisotopic (exact) mass is 410 g/mol. The molecule has 0 radical (unpaired) electrons. The minimum Gasteiger partial charge on any atom is -0.455 e. The van der Waals surface area contributed by atoms with Crippen molar-refractivity contribution < 1.29 is 9.21 Å². The topological polar surface area (TPSA) is 83.3 Å². The highest BCUT2D eigenvalue weighted by Gasteiger charge is 2.07. The first kappa shape index (κ1) is 18.3. The van der Waals surface area contributed by atoms with Crippen molar-refractivity contribution in [3.63, 3.8) is 0 Å². The Kier molecular flexibility index (Phi) is 5.45. The van der Waals surface area contributed by atoms with Crippen LogP contribution < -0.4 is 5.43 Å². The van der Waals surface area contributed by atoms with E-state index in [-0.39, 0.29) is 11.7 Å². The number of hydrogen-bond donors (Lipinski definition) is 2. The number of para-hydroxylation sites is 2. The van der Waals surface area contributed by atoms with Gasteiger partial charge in [0.15, 0.2) is 5.16 Å². The number of carbonyl (C=O) groups excluding carboxylic acids is 1. The Morgan fingerprint density at radius 2 is 2.11 bits per heavy atom. The van der Waals surface area contributed by atoms with Crippen molar-refractivity contribution in [2.24, 2.45) is 5.10 Å². The molecule has 140 valence electrons. The molecule has 2 aromatic heterocycles. The highest BCUT2D eigenvalue weighted by atomic mass is 35.5. The number of nitrogens with zero attached hydrogens (tertiary/aromatic N) is 2. The second kappa shape index (κ2) is 8.33. The summed E-state index contributed by atoms with van der Waals surface area (Å²) in [4.78, 5) is 19.5. The number of thioether (sulfide) groups is 1. The van der Waals surface area contributed by atoms with Gasteiger partial charge in [-0.2, -0.15) is 5.10 Å². The molecule has 0 atom stereocenters. The number of amides is 1. The van der Waals surface area contributed by atoms with E-state index in [1.807, 2.05) is 48.5 Å². The van der Waals surface area contributed by atoms with E-state index in [0.29, 0.717) is 21.7 Å². The molecule has 0 bridgehead atoms. The molecule has 0 fully saturated rings. The molecule has 0 saturated carbocycles. The van der Waals surface area contributed by atoms with Crippen LogP contribution in [-0.2, 0) is 4.79 Å². The Hall–Kier alpha value is -3.03. The van der Waals surface area contributed by atoms with Crippen LogP contribution in [0.5, 0.6) is 0 Å². The smallest absolute Gasteiger partial charge is 0.250 e. The van der Waals surface area contributed by atoms with Crippen LogP contribution in [0.2, 0.25) is 5.02 Å². The van der Waals surface area contributed by atoms with Crippen molar-refractivity contribution in [2.45, 2.75) is 5.16 Å². The van der Waals surface area contributed by atoms with Crippen molar-refractivity contribution in [3.8, 4) is 11.3 Å². The van der Waals surface area contributed by atoms with E-state index >= 15 is 0 Å². The summed E-state index contributed by atoms with van der Waals surface area (Å²) in [5.74, 6) is 1.17. The summed E-state index contributed by atoms with van der Waals surface area (Å²) in [6, 6.07) is 18.7. The van der Waals surface area contributed by atoms with E-state index < -0.39 is 0 Å². The average Bonchev–Trinajstić information content (AvgIpc) is 3.33. The number of rotatable bonds is 6. The Morgan fingerprint density at radius 1 is 1.21 bits per heavy atom. The van der Waals surface area contributed by atoms with E-state index in [0.717, 1.165) is 16.6 Å². The van der Waals surface area contributed by atoms with Crippen LogP contribution in [0.1, 0.15) is 5.76 Å². The Labute approximate surface area is 170 Å². The van der Waals surface area contributed by atoms with Crippen molar-refractivity contribution >= 4 is 46.5 Å². The first-order valence-electron chi connectivity index (χ1n) is 8.42. The normalized spacial score (nSPS) is 11.3. The Bertz CT molecular complexity index is 1120. The predicted octanol–water partition coefficient (Wildman–Crippen LogP) is 4.72. The molecule has 0 saturated heterocycles. The molecule has 4 aromatic rings. The van der Waals surface area contributed by atoms with E-state index in [1.165, 1.54) is 18.0 Å². The van der Waals surface area contributed by atoms with Crippen LogP contribution in [-0.4, -0.2) is 27.8 Å². The van der Waals surface area contributed by atoms with E-state index in [4.69, 9.17) is 16.0 Å². The first-order chi connectivity index (χ1) is 13.7. The highest BCUT2D eigenvalue weighted by molar-refractivity contribution is 7.99. The number of furan rings is 1. The minimum absolute atomic E-state index is 0.198. The number of H-pyrrole nitrogens is 1. The average molecular weight is 411 g/mol. The number of carbonyl (C=O) groups is 1. The van der Waals surface area contributed by atoms with Gasteiger partial charge >= 0.3 is 0 Å². The third-order valence-electron chi connectivity index (χ3n) is 3.82. The van der Waals surface area contributed by atoms with Crippen molar-refractivity contribution in [3.05, 3.63) is 71.4 Å². The number of halogens is 1. The summed E-state index contributed by atoms with van der Waals surface area (Å²) >= 11 is 7.31. The Balaban J connectivity index is 1.30. The molecule has 2 heterocycles. The second-order valence-corrected chi connectivity index (χ2v) is 7.25. The lowest BCUT2D eigenvalue weighted by Crippen LogP contribution is -2.19. The van der Waals surface area contributed by atoms with Crippen LogP contribution in [0.25, 0.3) is 22.4 Å². The predicted molar refractivity (Wildman–Crippen MR) is 112 cm³/mol. The van der Waals surface area contributed by atoms with Gasteiger partial charge in [0.2, 0.25) is 0 Å². The number of aromatic nitrogens is 2. The van der Waals surface area contributed by atoms with Gasteiger partial charge in [-0.3, -0.25) is 4.79 Å². The quantitative estimate of drug-likeness (QED) is 0.274. The summed E-state index contributed by atoms with van der Waals surface area (Å²) in [5, 5.41) is 5.26. The third-order valence-corrected chi connectivity index (χ3v) is 4.93. The van der Waals surface area contributed by atoms with Gasteiger partial charge in [-0.05, 0) is 36.4 Å². The molecule has 0 aliphatic rings. The molecule has 2 aromatic carbocycles. The number of hydrazone groups is 1. The fraction of sp³-hybridized carbons (Fsp3) is 0.0500. The number of aromatic amines is 1. The number of benzene rings is 2. The van der Waals surface area contributed by atoms with Crippen LogP contribution in [0, 0.1) is 0 Å². The van der Waals surface area contributed by atoms with Gasteiger partial charge in [0.25, 0.3) is 5.91 Å². The van der Waals surface area contributed by atoms with Crippen LogP contribution >= 0.6 is 23.4 Å². The zero-order valence-electron chi connectivity index (χ0n) is 14.6. The molecular formula is C20H15ClN4O2S. The summed E-state index contributed by atoms with van der Waals surface area (Å²) < 4.78 is 5.69. The van der Waals surface area contributed by atoms with E-state index in [1.54, 1.807) is 12.1 Å². The van der Waals surface area contributed by atoms with Gasteiger partial charge in [0.05, 0.1) is 23.0 Å². The lowest BCUT2D eigenvalue weighted by atomic mass is 10.2. The van der Waals surface area contributed by atoms with Gasteiger partial charge in [-0.1, -0.05) is 47.6 Å². The summed E-state index contributed by atoms with van der Waals surface area (Å²) in [6.07, 6.45) is 1.46. The zero-order chi connectivity index (χ0) is 19.3. The van der Waals surface area contributed by atoms with Gasteiger partial charge in [0.1, 0.15) is 11.5 Å². The fourth-order valence-corrected chi connectivity index (χ4v) is 3.42. The van der Waals surface area contributed by atoms with Crippen LogP contribution in [0.4, 0.5) is 0 Å². The molecule has 0 aliphatic carbocycles. The van der Waals surface area contributed by atoms with Crippen molar-refractivity contribution in [1.29, 1.82) is 0 Å². The number of nitrogens with one attached hydrogen (secondary N) is 2. The zero-order valence-corrected chi connectivity index (χ0v) is 16.1. The van der Waals surface area contributed by atoms with Gasteiger partial charge in [0, 0.05) is 10.6 Å². The molecule has 28 heavy (non-hydrogen) atoms. The lowest BCUT2D eigenvalue weighted by Gasteiger charge is -1.98. The minimum atomic E-state index is -0.233. The van der Waals surface area contributed by atoms with E-state index in [9.17, 15) is 4.79 Å². The second-order valence-electron chi connectivity index (χ2n) is 5.85. The molecule has 8 heteroatoms. The van der Waals surface area contributed by atoms with Crippen LogP contribution in [0.3, 0.4) is 0 Å². The SMILES string of the molecule is O=C(CSc1nc2ccccc2[nH]1)N/N=C\c1ccc(-c2cccc(Cl)c2)o1. The summed E-state index contributed by atoms with van der Waals surface area (Å²) in [5.41, 5.74) is 5.17. The number of imidazole rings is 1. The van der Waals surface area contributed by atoms with Gasteiger partial charge in [-0.25, -0.2) is 10.4 Å². The number of hydrogen-bond acceptors (Lipinski definition) is 5. The third kappa shape index (κ3) is 4.44. The molecule has 0 spiro atoms. The maximum atomic E-state index is 12.0. The standard InChI is InChI=1S/C20H15ClN4O2S/c21-14-5-3-4-13(10-14)18-9-8-15(27-18)11-22-25-19(26)12-28-20-23-16-6-1-2-7-17(16)24-20/h1-11H,12H2,(H,23,24)(H,25,26)/b22-11-. The molecule has 0 aliphatic heterocycles. The Morgan fingerprint density at radius 3 is 2.96 bits per heavy atom. The summed E-state index contributed by atoms with van der Waals surface area (Å²) in [7, 11) is 0. The van der Waals surface area contributed by atoms with Gasteiger partial charge < -0.3 is 9.40 Å². The van der Waals surface area contributed by atoms with Crippen molar-refractivity contribution in [2.75, 3.05) is 5.75 Å². The molecular weight excluding hydrogens is 396 g/mol. The number of fused-ring (bicyclic) bond motifs is 1. The lowest BCUT2D eigenvalue weighted by molar-refractivity contribution is -0.118. The molecule has 4 rings (SSSR count). The molecule has 0 unspecified atom stereocenters. The highest BCUT2D eigenvalue weighted by Crippen LogP contribution is 2.24. The molecule has 1 amide bonds. The molecule has 2 N–H and O–H groups in total. The maximum absolute atomic E-state index is 12.0. The fourth-order valence-electron chi connectivity index (χ4n) is 2.55. The van der Waals surface area contributed by atoms with E-state index in [2.05, 4.69) is 20.5 Å². The van der Waals surface area contributed by atoms with Gasteiger partial charge in [-0.15, -0.1) is 0 Å². The van der Waals surface area contributed by atoms with Crippen LogP contribution in [0.15, 0.2) is 75.3 Å². The molecule has 6 nitrogen and oxygen atoms in total. The van der Waals surface area contributed by atoms with Crippen molar-refractivity contribution in [1.82, 2.24) is 15.4 Å². The first-order valence-corrected chi connectivity index (χ1v) is 9.79. The maximum Gasteiger partial charge on any atom is 0.250 e. The largest absolute Gasteiger partial charge is 0.455 e.